The maximum absolute atomic E-state index is 14.0. The van der Waals surface area contributed by atoms with E-state index in [1.165, 1.54) is 23.3 Å². The second-order valence-corrected chi connectivity index (χ2v) is 6.79. The van der Waals surface area contributed by atoms with E-state index in [2.05, 4.69) is 24.4 Å². The molecule has 1 aliphatic heterocycles. The van der Waals surface area contributed by atoms with Crippen molar-refractivity contribution in [2.75, 3.05) is 5.32 Å². The molecule has 4 heteroatoms. The average molecular weight is 314 g/mol. The van der Waals surface area contributed by atoms with Gasteiger partial charge in [-0.15, -0.1) is 0 Å². The van der Waals surface area contributed by atoms with Crippen molar-refractivity contribution in [3.8, 4) is 0 Å². The van der Waals surface area contributed by atoms with Gasteiger partial charge >= 0.3 is 0 Å². The van der Waals surface area contributed by atoms with Crippen LogP contribution in [-0.4, -0.2) is 11.4 Å². The van der Waals surface area contributed by atoms with E-state index in [0.29, 0.717) is 5.84 Å². The summed E-state index contributed by atoms with van der Waals surface area (Å²) in [6.07, 6.45) is 0.834. The molecular formula is C19H20F2N2. The van der Waals surface area contributed by atoms with E-state index in [0.717, 1.165) is 23.6 Å². The molecular weight excluding hydrogens is 294 g/mol. The van der Waals surface area contributed by atoms with Crippen molar-refractivity contribution in [1.82, 2.24) is 0 Å². The maximum atomic E-state index is 14.0. The van der Waals surface area contributed by atoms with Gasteiger partial charge in [0, 0.05) is 11.6 Å². The van der Waals surface area contributed by atoms with E-state index in [1.807, 2.05) is 20.8 Å². The number of nitrogens with zero attached hydrogens (tertiary/aromatic N) is 1. The summed E-state index contributed by atoms with van der Waals surface area (Å²) in [7, 11) is 0. The molecule has 1 N–H and O–H groups in total. The number of nitrogens with one attached hydrogen (secondary N) is 1. The number of aliphatic imine (C=N–C) groups is 1. The summed E-state index contributed by atoms with van der Waals surface area (Å²) in [5.41, 5.74) is 4.53. The van der Waals surface area contributed by atoms with Crippen molar-refractivity contribution >= 4 is 11.5 Å². The molecule has 2 nitrogen and oxygen atoms in total. The normalized spacial score (nSPS) is 15.8. The van der Waals surface area contributed by atoms with Gasteiger partial charge in [0.2, 0.25) is 0 Å². The highest BCUT2D eigenvalue weighted by molar-refractivity contribution is 6.10. The Morgan fingerprint density at radius 3 is 2.43 bits per heavy atom. The van der Waals surface area contributed by atoms with E-state index >= 15 is 0 Å². The molecule has 120 valence electrons. The first-order valence-corrected chi connectivity index (χ1v) is 7.68. The standard InChI is InChI=1S/C19H20F2N2/c1-11-7-13-10-19(3,4)23-18(15(13)8-12(11)2)22-17-6-5-14(20)9-16(17)21/h5-9H,10H2,1-4H3,(H,22,23). The summed E-state index contributed by atoms with van der Waals surface area (Å²) >= 11 is 0. The highest BCUT2D eigenvalue weighted by Crippen LogP contribution is 2.30. The molecule has 0 bridgehead atoms. The largest absolute Gasteiger partial charge is 0.338 e. The van der Waals surface area contributed by atoms with Gasteiger partial charge in [-0.05, 0) is 69.0 Å². The van der Waals surface area contributed by atoms with Gasteiger partial charge in [-0.1, -0.05) is 6.07 Å². The second-order valence-electron chi connectivity index (χ2n) is 6.79. The first kappa shape index (κ1) is 15.7. The third kappa shape index (κ3) is 3.11. The predicted molar refractivity (Wildman–Crippen MR) is 90.2 cm³/mol. The van der Waals surface area contributed by atoms with Crippen molar-refractivity contribution in [3.05, 3.63) is 64.2 Å². The summed E-state index contributed by atoms with van der Waals surface area (Å²) in [5, 5.41) is 3.04. The molecule has 0 amide bonds. The van der Waals surface area contributed by atoms with Crippen LogP contribution in [0, 0.1) is 25.5 Å². The number of anilines is 1. The fraction of sp³-hybridized carbons (Fsp3) is 0.316. The number of benzene rings is 2. The van der Waals surface area contributed by atoms with Gasteiger partial charge in [0.15, 0.2) is 0 Å². The lowest BCUT2D eigenvalue weighted by Gasteiger charge is -2.30. The number of halogens is 2. The van der Waals surface area contributed by atoms with Gasteiger partial charge in [-0.3, -0.25) is 4.99 Å². The van der Waals surface area contributed by atoms with Gasteiger partial charge in [0.25, 0.3) is 0 Å². The second kappa shape index (κ2) is 5.44. The van der Waals surface area contributed by atoms with Gasteiger partial charge in [-0.2, -0.15) is 0 Å². The van der Waals surface area contributed by atoms with Crippen LogP contribution in [0.15, 0.2) is 35.3 Å². The number of hydrogen-bond acceptors (Lipinski definition) is 2. The minimum atomic E-state index is -0.624. The predicted octanol–water partition coefficient (Wildman–Crippen LogP) is 4.78. The van der Waals surface area contributed by atoms with Crippen LogP contribution in [0.5, 0.6) is 0 Å². The minimum absolute atomic E-state index is 0.229. The lowest BCUT2D eigenvalue weighted by atomic mass is 9.86. The van der Waals surface area contributed by atoms with Gasteiger partial charge in [0.1, 0.15) is 17.5 Å². The van der Waals surface area contributed by atoms with Gasteiger partial charge < -0.3 is 5.32 Å². The van der Waals surface area contributed by atoms with Crippen LogP contribution < -0.4 is 5.32 Å². The Hall–Kier alpha value is -2.23. The van der Waals surface area contributed by atoms with Crippen molar-refractivity contribution < 1.29 is 8.78 Å². The summed E-state index contributed by atoms with van der Waals surface area (Å²) in [4.78, 5) is 4.73. The van der Waals surface area contributed by atoms with Gasteiger partial charge in [0.05, 0.1) is 11.2 Å². The van der Waals surface area contributed by atoms with Crippen LogP contribution in [0.2, 0.25) is 0 Å². The highest BCUT2D eigenvalue weighted by Gasteiger charge is 2.27. The number of aryl methyl sites for hydroxylation is 2. The lowest BCUT2D eigenvalue weighted by Crippen LogP contribution is -2.32. The molecule has 23 heavy (non-hydrogen) atoms. The van der Waals surface area contributed by atoms with Crippen molar-refractivity contribution in [3.63, 3.8) is 0 Å². The molecule has 1 heterocycles. The number of amidine groups is 1. The van der Waals surface area contributed by atoms with E-state index in [9.17, 15) is 8.78 Å². The molecule has 3 rings (SSSR count). The Balaban J connectivity index is 2.07. The van der Waals surface area contributed by atoms with Crippen molar-refractivity contribution in [2.24, 2.45) is 4.99 Å². The van der Waals surface area contributed by atoms with E-state index in [1.54, 1.807) is 0 Å². The molecule has 0 atom stereocenters. The quantitative estimate of drug-likeness (QED) is 0.805. The zero-order chi connectivity index (χ0) is 16.8. The first-order chi connectivity index (χ1) is 10.7. The van der Waals surface area contributed by atoms with Crippen LogP contribution in [0.4, 0.5) is 14.5 Å². The van der Waals surface area contributed by atoms with E-state index < -0.39 is 11.6 Å². The molecule has 1 aliphatic rings. The van der Waals surface area contributed by atoms with Gasteiger partial charge in [-0.25, -0.2) is 8.78 Å². The van der Waals surface area contributed by atoms with E-state index in [4.69, 9.17) is 4.99 Å². The monoisotopic (exact) mass is 314 g/mol. The first-order valence-electron chi connectivity index (χ1n) is 7.68. The zero-order valence-electron chi connectivity index (χ0n) is 13.8. The summed E-state index contributed by atoms with van der Waals surface area (Å²) in [6, 6.07) is 7.76. The highest BCUT2D eigenvalue weighted by atomic mass is 19.1. The molecule has 0 unspecified atom stereocenters. The maximum Gasteiger partial charge on any atom is 0.149 e. The summed E-state index contributed by atoms with van der Waals surface area (Å²) < 4.78 is 27.0. The minimum Gasteiger partial charge on any atom is -0.338 e. The fourth-order valence-electron chi connectivity index (χ4n) is 2.92. The van der Waals surface area contributed by atoms with Crippen LogP contribution >= 0.6 is 0 Å². The molecule has 2 aromatic carbocycles. The Bertz CT molecular complexity index is 807. The van der Waals surface area contributed by atoms with Crippen molar-refractivity contribution in [1.29, 1.82) is 0 Å². The fourth-order valence-corrected chi connectivity index (χ4v) is 2.92. The summed E-state index contributed by atoms with van der Waals surface area (Å²) in [5.74, 6) is -0.586. The van der Waals surface area contributed by atoms with Crippen LogP contribution in [0.3, 0.4) is 0 Å². The smallest absolute Gasteiger partial charge is 0.149 e. The topological polar surface area (TPSA) is 24.4 Å². The number of hydrogen-bond donors (Lipinski definition) is 1. The Morgan fingerprint density at radius 1 is 1.04 bits per heavy atom. The molecule has 0 radical (unpaired) electrons. The summed E-state index contributed by atoms with van der Waals surface area (Å²) in [6.45, 7) is 8.23. The number of fused-ring (bicyclic) bond motifs is 1. The Morgan fingerprint density at radius 2 is 1.74 bits per heavy atom. The average Bonchev–Trinajstić information content (AvgIpc) is 2.43. The van der Waals surface area contributed by atoms with Crippen LogP contribution in [0.1, 0.15) is 36.1 Å². The third-order valence-electron chi connectivity index (χ3n) is 4.20. The Kier molecular flexibility index (Phi) is 3.71. The Labute approximate surface area is 135 Å². The molecule has 0 saturated heterocycles. The molecule has 2 aromatic rings. The molecule has 0 saturated carbocycles. The van der Waals surface area contributed by atoms with Crippen LogP contribution in [0.25, 0.3) is 0 Å². The molecule has 0 fully saturated rings. The molecule has 0 aromatic heterocycles. The van der Waals surface area contributed by atoms with E-state index in [-0.39, 0.29) is 11.2 Å². The third-order valence-corrected chi connectivity index (χ3v) is 4.20. The zero-order valence-corrected chi connectivity index (χ0v) is 13.8. The number of rotatable bonds is 1. The lowest BCUT2D eigenvalue weighted by molar-refractivity contribution is 0.512. The SMILES string of the molecule is Cc1cc2c(cc1C)C(Nc1ccc(F)cc1F)=NC(C)(C)C2. The molecule has 0 aliphatic carbocycles. The molecule has 0 spiro atoms. The van der Waals surface area contributed by atoms with Crippen molar-refractivity contribution in [2.45, 2.75) is 39.7 Å². The van der Waals surface area contributed by atoms with Crippen LogP contribution in [-0.2, 0) is 6.42 Å².